The van der Waals surface area contributed by atoms with Crippen molar-refractivity contribution in [2.24, 2.45) is 0 Å². The highest BCUT2D eigenvalue weighted by molar-refractivity contribution is 7.19. The van der Waals surface area contributed by atoms with E-state index in [0.717, 1.165) is 10.4 Å². The Morgan fingerprint density at radius 1 is 1.19 bits per heavy atom. The molecular formula is C26H33N5O5S. The average Bonchev–Trinajstić information content (AvgIpc) is 3.37. The highest BCUT2D eigenvalue weighted by atomic mass is 32.1. The quantitative estimate of drug-likeness (QED) is 0.362. The number of furan rings is 1. The van der Waals surface area contributed by atoms with E-state index >= 15 is 0 Å². The number of nitrogens with one attached hydrogen (secondary N) is 1. The van der Waals surface area contributed by atoms with Crippen molar-refractivity contribution in [3.05, 3.63) is 46.0 Å². The maximum absolute atomic E-state index is 13.3. The molecule has 0 aliphatic heterocycles. The summed E-state index contributed by atoms with van der Waals surface area (Å²) in [5.74, 6) is 0.724. The molecule has 0 aliphatic carbocycles. The highest BCUT2D eigenvalue weighted by Gasteiger charge is 2.31. The second-order valence-corrected chi connectivity index (χ2v) is 11.8. The van der Waals surface area contributed by atoms with Gasteiger partial charge in [-0.25, -0.2) is 14.5 Å². The number of amides is 2. The van der Waals surface area contributed by atoms with E-state index in [-0.39, 0.29) is 24.4 Å². The first-order valence-electron chi connectivity index (χ1n) is 11.9. The fourth-order valence-corrected chi connectivity index (χ4v) is 4.85. The maximum Gasteiger partial charge on any atom is 0.417 e. The van der Waals surface area contributed by atoms with Crippen molar-refractivity contribution in [2.75, 3.05) is 4.90 Å². The third kappa shape index (κ3) is 7.43. The molecule has 0 aliphatic rings. The summed E-state index contributed by atoms with van der Waals surface area (Å²) in [5, 5.41) is 2.85. The number of ether oxygens (including phenoxy) is 2. The summed E-state index contributed by atoms with van der Waals surface area (Å²) in [6.07, 6.45) is 0.912. The lowest BCUT2D eigenvalue weighted by Gasteiger charge is -2.25. The summed E-state index contributed by atoms with van der Waals surface area (Å²) in [4.78, 5) is 40.1. The first kappa shape index (κ1) is 27.9. The zero-order chi connectivity index (χ0) is 27.5. The van der Waals surface area contributed by atoms with E-state index in [0.29, 0.717) is 22.4 Å². The Balaban J connectivity index is 2.02. The number of carbonyl (C=O) groups is 2. The zero-order valence-corrected chi connectivity index (χ0v) is 23.3. The molecule has 0 fully saturated rings. The van der Waals surface area contributed by atoms with Crippen molar-refractivity contribution in [1.82, 2.24) is 15.3 Å². The van der Waals surface area contributed by atoms with Crippen LogP contribution in [0.4, 0.5) is 21.4 Å². The lowest BCUT2D eigenvalue weighted by molar-refractivity contribution is 0.0506. The SMILES string of the molecule is [C-]#[N+]c1nc(N(Cc2ccco2)C(=O)OC(C)(C)C)c2sc(C[C@@H](C)NC(=O)OC(C)(C)C)c(C)c2n1. The second-order valence-electron chi connectivity index (χ2n) is 10.7. The molecular weight excluding hydrogens is 494 g/mol. The lowest BCUT2D eigenvalue weighted by Crippen LogP contribution is -2.38. The molecule has 0 saturated carbocycles. The fraction of sp³-hybridized carbons (Fsp3) is 0.500. The molecule has 0 aromatic carbocycles. The summed E-state index contributed by atoms with van der Waals surface area (Å²) in [6, 6.07) is 3.25. The van der Waals surface area contributed by atoms with E-state index in [1.807, 2.05) is 34.6 Å². The van der Waals surface area contributed by atoms with Gasteiger partial charge in [0.15, 0.2) is 0 Å². The molecule has 0 saturated heterocycles. The minimum atomic E-state index is -0.743. The van der Waals surface area contributed by atoms with Gasteiger partial charge in [-0.2, -0.15) is 0 Å². The van der Waals surface area contributed by atoms with E-state index in [2.05, 4.69) is 20.1 Å². The van der Waals surface area contributed by atoms with E-state index < -0.39 is 23.4 Å². The summed E-state index contributed by atoms with van der Waals surface area (Å²) in [5.41, 5.74) is 0.0888. The molecule has 3 rings (SSSR count). The van der Waals surface area contributed by atoms with Crippen molar-refractivity contribution in [3.8, 4) is 0 Å². The summed E-state index contributed by atoms with van der Waals surface area (Å²) >= 11 is 1.41. The molecule has 11 heteroatoms. The number of fused-ring (bicyclic) bond motifs is 1. The van der Waals surface area contributed by atoms with E-state index in [4.69, 9.17) is 20.5 Å². The molecule has 1 N–H and O–H groups in total. The van der Waals surface area contributed by atoms with E-state index in [1.165, 1.54) is 22.5 Å². The van der Waals surface area contributed by atoms with Crippen molar-refractivity contribution in [3.63, 3.8) is 0 Å². The molecule has 37 heavy (non-hydrogen) atoms. The van der Waals surface area contributed by atoms with Crippen LogP contribution >= 0.6 is 11.3 Å². The number of anilines is 1. The van der Waals surface area contributed by atoms with Crippen molar-refractivity contribution < 1.29 is 23.5 Å². The van der Waals surface area contributed by atoms with Crippen molar-refractivity contribution in [1.29, 1.82) is 0 Å². The van der Waals surface area contributed by atoms with Gasteiger partial charge < -0.3 is 24.1 Å². The molecule has 0 spiro atoms. The van der Waals surface area contributed by atoms with Gasteiger partial charge in [0.25, 0.3) is 0 Å². The largest absolute Gasteiger partial charge is 0.467 e. The minimum absolute atomic E-state index is 0.0638. The highest BCUT2D eigenvalue weighted by Crippen LogP contribution is 2.38. The number of thiophene rings is 1. The Morgan fingerprint density at radius 2 is 1.86 bits per heavy atom. The van der Waals surface area contributed by atoms with Crippen LogP contribution in [0.3, 0.4) is 0 Å². The van der Waals surface area contributed by atoms with Crippen LogP contribution in [0.25, 0.3) is 15.1 Å². The number of alkyl carbamates (subject to hydrolysis) is 1. The fourth-order valence-electron chi connectivity index (χ4n) is 3.47. The zero-order valence-electron chi connectivity index (χ0n) is 22.5. The number of aryl methyl sites for hydroxylation is 1. The van der Waals surface area contributed by atoms with E-state index in [1.54, 1.807) is 32.9 Å². The van der Waals surface area contributed by atoms with E-state index in [9.17, 15) is 9.59 Å². The number of rotatable bonds is 6. The van der Waals surface area contributed by atoms with Crippen LogP contribution in [-0.2, 0) is 22.4 Å². The molecule has 3 heterocycles. The molecule has 0 radical (unpaired) electrons. The Labute approximate surface area is 220 Å². The van der Waals surface area contributed by atoms with Gasteiger partial charge in [0.2, 0.25) is 5.82 Å². The van der Waals surface area contributed by atoms with Crippen LogP contribution in [0, 0.1) is 13.5 Å². The standard InChI is InChI=1S/C26H33N5O5S/c1-15(28-23(32)35-25(3,4)5)13-18-16(2)19-20(37-18)21(30-22(27-9)29-19)31(14-17-11-10-12-34-17)24(33)36-26(6,7)8/h10-12,15H,13-14H2,1-8H3,(H,28,32)/t15-/m1/s1. The van der Waals surface area contributed by atoms with Gasteiger partial charge in [0.1, 0.15) is 27.2 Å². The van der Waals surface area contributed by atoms with Crippen LogP contribution < -0.4 is 10.2 Å². The number of nitrogens with zero attached hydrogens (tertiary/aromatic N) is 4. The first-order valence-corrected chi connectivity index (χ1v) is 12.7. The van der Waals surface area contributed by atoms with Crippen LogP contribution in [0.5, 0.6) is 0 Å². The van der Waals surface area contributed by atoms with Crippen LogP contribution in [-0.4, -0.2) is 39.4 Å². The van der Waals surface area contributed by atoms with Gasteiger partial charge in [-0.05, 0) is 67.5 Å². The summed E-state index contributed by atoms with van der Waals surface area (Å²) in [7, 11) is 0. The molecule has 3 aromatic rings. The number of carbonyl (C=O) groups excluding carboxylic acids is 2. The smallest absolute Gasteiger partial charge is 0.417 e. The molecule has 198 valence electrons. The van der Waals surface area contributed by atoms with Crippen molar-refractivity contribution >= 4 is 45.5 Å². The number of aromatic nitrogens is 2. The first-order chi connectivity index (χ1) is 17.2. The number of hydrogen-bond donors (Lipinski definition) is 1. The molecule has 1 atom stereocenters. The molecule has 3 aromatic heterocycles. The van der Waals surface area contributed by atoms with Gasteiger partial charge in [-0.1, -0.05) is 0 Å². The van der Waals surface area contributed by atoms with Crippen LogP contribution in [0.1, 0.15) is 64.7 Å². The Morgan fingerprint density at radius 3 is 2.43 bits per heavy atom. The maximum atomic E-state index is 13.3. The van der Waals surface area contributed by atoms with Gasteiger partial charge >= 0.3 is 18.1 Å². The van der Waals surface area contributed by atoms with Gasteiger partial charge in [-0.3, -0.25) is 0 Å². The van der Waals surface area contributed by atoms with Gasteiger partial charge in [0, 0.05) is 22.9 Å². The monoisotopic (exact) mass is 527 g/mol. The Hall–Kier alpha value is -3.65. The predicted octanol–water partition coefficient (Wildman–Crippen LogP) is 6.54. The van der Waals surface area contributed by atoms with Crippen molar-refractivity contribution in [2.45, 2.75) is 85.6 Å². The Bertz CT molecular complexity index is 1310. The topological polar surface area (TPSA) is 111 Å². The molecule has 0 unspecified atom stereocenters. The molecule has 0 bridgehead atoms. The second kappa shape index (κ2) is 10.8. The summed E-state index contributed by atoms with van der Waals surface area (Å²) < 4.78 is 17.2. The average molecular weight is 528 g/mol. The Kier molecular flexibility index (Phi) is 8.12. The van der Waals surface area contributed by atoms with Gasteiger partial charge in [-0.15, -0.1) is 27.9 Å². The normalized spacial score (nSPS) is 12.6. The minimum Gasteiger partial charge on any atom is -0.467 e. The molecule has 2 amide bonds. The third-order valence-corrected chi connectivity index (χ3v) is 6.25. The predicted molar refractivity (Wildman–Crippen MR) is 142 cm³/mol. The van der Waals surface area contributed by atoms with Crippen LogP contribution in [0.2, 0.25) is 0 Å². The summed E-state index contributed by atoms with van der Waals surface area (Å²) in [6.45, 7) is 22.1. The third-order valence-electron chi connectivity index (χ3n) is 4.95. The number of hydrogen-bond acceptors (Lipinski definition) is 8. The van der Waals surface area contributed by atoms with Gasteiger partial charge in [0.05, 0.1) is 12.8 Å². The molecule has 10 nitrogen and oxygen atoms in total. The lowest BCUT2D eigenvalue weighted by atomic mass is 10.1. The van der Waals surface area contributed by atoms with Crippen LogP contribution in [0.15, 0.2) is 22.8 Å².